The molecule has 4 saturated heterocycles. The zero-order chi connectivity index (χ0) is 18.7. The van der Waals surface area contributed by atoms with Gasteiger partial charge in [0.1, 0.15) is 10.6 Å². The second-order valence-corrected chi connectivity index (χ2v) is 9.15. The molecule has 1 aromatic carbocycles. The van der Waals surface area contributed by atoms with Crippen LogP contribution in [0.15, 0.2) is 48.7 Å². The summed E-state index contributed by atoms with van der Waals surface area (Å²) in [5.74, 6) is 0.495. The third-order valence-electron chi connectivity index (χ3n) is 6.53. The summed E-state index contributed by atoms with van der Waals surface area (Å²) in [6, 6.07) is 14.4. The molecule has 4 aliphatic rings. The molecule has 7 rings (SSSR count). The maximum atomic E-state index is 12.8. The van der Waals surface area contributed by atoms with Crippen molar-refractivity contribution in [3.63, 3.8) is 0 Å². The minimum absolute atomic E-state index is 0.193. The molecule has 28 heavy (non-hydrogen) atoms. The van der Waals surface area contributed by atoms with Crippen molar-refractivity contribution < 1.29 is 9.53 Å². The number of aromatic nitrogens is 1. The number of fused-ring (bicyclic) bond motifs is 3. The predicted octanol–water partition coefficient (Wildman–Crippen LogP) is 4.38. The summed E-state index contributed by atoms with van der Waals surface area (Å²) in [5.41, 5.74) is 1.83. The van der Waals surface area contributed by atoms with Crippen molar-refractivity contribution in [3.8, 4) is 10.4 Å². The van der Waals surface area contributed by atoms with Gasteiger partial charge in [-0.05, 0) is 50.2 Å². The number of benzene rings is 1. The molecule has 1 unspecified atom stereocenters. The van der Waals surface area contributed by atoms with Gasteiger partial charge in [-0.15, -0.1) is 11.3 Å². The molecule has 0 saturated carbocycles. The first kappa shape index (κ1) is 16.5. The van der Waals surface area contributed by atoms with Crippen molar-refractivity contribution in [3.05, 3.63) is 48.7 Å². The van der Waals surface area contributed by atoms with Gasteiger partial charge in [0.15, 0.2) is 0 Å². The molecule has 3 aromatic rings. The Hall–Kier alpha value is -2.44. The van der Waals surface area contributed by atoms with Crippen LogP contribution in [0, 0.1) is 5.92 Å². The molecular weight excluding hydrogens is 370 g/mol. The van der Waals surface area contributed by atoms with E-state index >= 15 is 0 Å². The summed E-state index contributed by atoms with van der Waals surface area (Å²) in [6.07, 6.45) is 3.94. The van der Waals surface area contributed by atoms with Crippen LogP contribution >= 0.6 is 11.3 Å². The highest BCUT2D eigenvalue weighted by atomic mass is 32.1. The van der Waals surface area contributed by atoms with Gasteiger partial charge in [0.05, 0.1) is 12.1 Å². The highest BCUT2D eigenvalue weighted by Crippen LogP contribution is 2.45. The molecule has 1 spiro atoms. The van der Waals surface area contributed by atoms with Gasteiger partial charge in [-0.25, -0.2) is 4.79 Å². The van der Waals surface area contributed by atoms with Crippen molar-refractivity contribution in [2.75, 3.05) is 31.1 Å². The molecular formula is C22H21N3O2S. The fourth-order valence-corrected chi connectivity index (χ4v) is 6.14. The summed E-state index contributed by atoms with van der Waals surface area (Å²) in [6.45, 7) is 3.83. The van der Waals surface area contributed by atoms with Crippen LogP contribution in [0.3, 0.4) is 0 Å². The number of carbonyl (C=O) groups excluding carboxylic acids is 1. The van der Waals surface area contributed by atoms with Crippen molar-refractivity contribution in [2.24, 2.45) is 5.92 Å². The van der Waals surface area contributed by atoms with Crippen LogP contribution in [0.25, 0.3) is 21.3 Å². The van der Waals surface area contributed by atoms with E-state index in [1.807, 2.05) is 29.3 Å². The fraction of sp³-hybridized carbons (Fsp3) is 0.364. The standard InChI is InChI=1S/C22H21N3O2S/c26-21-25(14-22(27-21)13-24-11-8-15(22)9-12-24)20-6-5-19(28-20)17-7-10-23-18-4-2-1-3-16(17)18/h1-7,10,15H,8-9,11-14H2. The molecule has 2 aromatic heterocycles. The minimum atomic E-state index is -0.318. The second kappa shape index (κ2) is 6.03. The number of carbonyl (C=O) groups is 1. The monoisotopic (exact) mass is 391 g/mol. The summed E-state index contributed by atoms with van der Waals surface area (Å²) < 4.78 is 6.02. The van der Waals surface area contributed by atoms with Gasteiger partial charge in [-0.1, -0.05) is 18.2 Å². The Morgan fingerprint density at radius 3 is 2.75 bits per heavy atom. The predicted molar refractivity (Wildman–Crippen MR) is 111 cm³/mol. The highest BCUT2D eigenvalue weighted by molar-refractivity contribution is 7.19. The number of ether oxygens (including phenoxy) is 1. The number of nitrogens with zero attached hydrogens (tertiary/aromatic N) is 3. The Labute approximate surface area is 167 Å². The molecule has 5 nitrogen and oxygen atoms in total. The van der Waals surface area contributed by atoms with Gasteiger partial charge in [0, 0.05) is 34.5 Å². The van der Waals surface area contributed by atoms with Gasteiger partial charge in [0.2, 0.25) is 0 Å². The lowest BCUT2D eigenvalue weighted by molar-refractivity contribution is -0.0881. The van der Waals surface area contributed by atoms with Crippen LogP contribution in [0.2, 0.25) is 0 Å². The molecule has 4 fully saturated rings. The Bertz CT molecular complexity index is 1070. The van der Waals surface area contributed by atoms with Gasteiger partial charge in [0.25, 0.3) is 0 Å². The highest BCUT2D eigenvalue weighted by Gasteiger charge is 2.55. The summed E-state index contributed by atoms with van der Waals surface area (Å²) in [4.78, 5) is 22.7. The topological polar surface area (TPSA) is 45.7 Å². The van der Waals surface area contributed by atoms with Crippen molar-refractivity contribution >= 4 is 33.3 Å². The molecule has 0 radical (unpaired) electrons. The fourth-order valence-electron chi connectivity index (χ4n) is 5.11. The van der Waals surface area contributed by atoms with E-state index in [4.69, 9.17) is 4.74 Å². The molecule has 6 heterocycles. The van der Waals surface area contributed by atoms with Crippen molar-refractivity contribution in [1.29, 1.82) is 0 Å². The van der Waals surface area contributed by atoms with Crippen LogP contribution < -0.4 is 4.90 Å². The maximum absolute atomic E-state index is 12.8. The van der Waals surface area contributed by atoms with Crippen LogP contribution in [-0.2, 0) is 4.74 Å². The third-order valence-corrected chi connectivity index (χ3v) is 7.67. The first-order chi connectivity index (χ1) is 13.7. The zero-order valence-electron chi connectivity index (χ0n) is 15.5. The van der Waals surface area contributed by atoms with Gasteiger partial charge >= 0.3 is 6.09 Å². The quantitative estimate of drug-likeness (QED) is 0.650. The lowest BCUT2D eigenvalue weighted by Crippen LogP contribution is -2.61. The molecule has 2 bridgehead atoms. The Kier molecular flexibility index (Phi) is 3.55. The SMILES string of the molecule is O=C1OC2(CN3CCC2CC3)CN1c1ccc(-c2ccnc3ccccc23)s1. The van der Waals surface area contributed by atoms with E-state index in [0.717, 1.165) is 58.8 Å². The number of hydrogen-bond donors (Lipinski definition) is 0. The van der Waals surface area contributed by atoms with Crippen LogP contribution in [0.5, 0.6) is 0 Å². The average Bonchev–Trinajstić information content (AvgIpc) is 3.33. The van der Waals surface area contributed by atoms with Crippen LogP contribution in [0.4, 0.5) is 9.80 Å². The average molecular weight is 391 g/mol. The molecule has 0 aliphatic carbocycles. The van der Waals surface area contributed by atoms with Crippen LogP contribution in [-0.4, -0.2) is 47.8 Å². The summed E-state index contributed by atoms with van der Waals surface area (Å²) in [7, 11) is 0. The number of para-hydroxylation sites is 1. The minimum Gasteiger partial charge on any atom is -0.439 e. The molecule has 0 N–H and O–H groups in total. The third kappa shape index (κ3) is 2.41. The van der Waals surface area contributed by atoms with E-state index in [0.29, 0.717) is 12.5 Å². The first-order valence-electron chi connectivity index (χ1n) is 9.89. The van der Waals surface area contributed by atoms with E-state index in [-0.39, 0.29) is 11.7 Å². The van der Waals surface area contributed by atoms with E-state index in [1.54, 1.807) is 11.3 Å². The van der Waals surface area contributed by atoms with Crippen molar-refractivity contribution in [2.45, 2.75) is 18.4 Å². The molecule has 1 amide bonds. The summed E-state index contributed by atoms with van der Waals surface area (Å²) in [5, 5.41) is 2.10. The number of rotatable bonds is 2. The van der Waals surface area contributed by atoms with E-state index in [2.05, 4.69) is 34.1 Å². The Morgan fingerprint density at radius 2 is 1.93 bits per heavy atom. The smallest absolute Gasteiger partial charge is 0.415 e. The number of hydrogen-bond acceptors (Lipinski definition) is 5. The van der Waals surface area contributed by atoms with E-state index < -0.39 is 0 Å². The second-order valence-electron chi connectivity index (χ2n) is 8.08. The molecule has 6 heteroatoms. The number of piperidine rings is 3. The Balaban J connectivity index is 1.33. The maximum Gasteiger partial charge on any atom is 0.415 e. The normalized spacial score (nSPS) is 29.0. The number of thiophene rings is 1. The number of amides is 1. The van der Waals surface area contributed by atoms with Gasteiger partial charge in [-0.3, -0.25) is 14.8 Å². The van der Waals surface area contributed by atoms with Gasteiger partial charge in [-0.2, -0.15) is 0 Å². The molecule has 142 valence electrons. The lowest BCUT2D eigenvalue weighted by atomic mass is 9.75. The van der Waals surface area contributed by atoms with E-state index in [1.165, 1.54) is 0 Å². The number of anilines is 1. The lowest BCUT2D eigenvalue weighted by Gasteiger charge is -2.49. The zero-order valence-corrected chi connectivity index (χ0v) is 16.3. The summed E-state index contributed by atoms with van der Waals surface area (Å²) >= 11 is 1.65. The molecule has 4 aliphatic heterocycles. The van der Waals surface area contributed by atoms with Crippen molar-refractivity contribution in [1.82, 2.24) is 9.88 Å². The largest absolute Gasteiger partial charge is 0.439 e. The Morgan fingerprint density at radius 1 is 1.07 bits per heavy atom. The van der Waals surface area contributed by atoms with Crippen LogP contribution in [0.1, 0.15) is 12.8 Å². The molecule has 1 atom stereocenters. The number of pyridine rings is 1. The van der Waals surface area contributed by atoms with E-state index in [9.17, 15) is 4.79 Å². The van der Waals surface area contributed by atoms with Gasteiger partial charge < -0.3 is 4.74 Å². The first-order valence-corrected chi connectivity index (χ1v) is 10.7.